The molecule has 1 atom stereocenters. The van der Waals surface area contributed by atoms with Gasteiger partial charge in [0.25, 0.3) is 0 Å². The predicted molar refractivity (Wildman–Crippen MR) is 71.3 cm³/mol. The summed E-state index contributed by atoms with van der Waals surface area (Å²) >= 11 is 0. The fraction of sp³-hybridized carbons (Fsp3) is 0.667. The van der Waals surface area contributed by atoms with Crippen LogP contribution in [-0.4, -0.2) is 28.7 Å². The van der Waals surface area contributed by atoms with E-state index in [0.29, 0.717) is 5.82 Å². The molecule has 2 rings (SSSR count). The number of nitrogen functional groups attached to an aromatic ring is 1. The molecule has 100 valence electrons. The summed E-state index contributed by atoms with van der Waals surface area (Å²) in [5.41, 5.74) is 3.51. The van der Waals surface area contributed by atoms with Gasteiger partial charge in [-0.2, -0.15) is 0 Å². The van der Waals surface area contributed by atoms with Gasteiger partial charge in [-0.1, -0.05) is 6.92 Å². The van der Waals surface area contributed by atoms with E-state index in [1.807, 2.05) is 0 Å². The molecule has 1 fully saturated rings. The molecule has 1 aromatic rings. The maximum Gasteiger partial charge on any atom is 0.148 e. The number of hydrogen-bond donors (Lipinski definition) is 3. The van der Waals surface area contributed by atoms with Crippen LogP contribution >= 0.6 is 0 Å². The van der Waals surface area contributed by atoms with E-state index in [0.717, 1.165) is 43.8 Å². The van der Waals surface area contributed by atoms with Crippen molar-refractivity contribution in [2.24, 2.45) is 5.84 Å². The van der Waals surface area contributed by atoms with Gasteiger partial charge in [-0.05, 0) is 26.2 Å². The predicted octanol–water partition coefficient (Wildman–Crippen LogP) is 1.31. The normalized spacial score (nSPS) is 23.1. The van der Waals surface area contributed by atoms with Crippen molar-refractivity contribution in [3.63, 3.8) is 0 Å². The van der Waals surface area contributed by atoms with Crippen LogP contribution in [0.5, 0.6) is 0 Å². The van der Waals surface area contributed by atoms with Crippen molar-refractivity contribution < 1.29 is 4.74 Å². The van der Waals surface area contributed by atoms with Gasteiger partial charge in [-0.3, -0.25) is 0 Å². The number of hydrogen-bond acceptors (Lipinski definition) is 6. The molecule has 0 aliphatic carbocycles. The second-order valence-corrected chi connectivity index (χ2v) is 4.80. The van der Waals surface area contributed by atoms with Gasteiger partial charge < -0.3 is 15.5 Å². The molecule has 0 aromatic carbocycles. The van der Waals surface area contributed by atoms with E-state index in [4.69, 9.17) is 10.6 Å². The van der Waals surface area contributed by atoms with Gasteiger partial charge in [0.2, 0.25) is 0 Å². The van der Waals surface area contributed by atoms with Crippen molar-refractivity contribution in [1.29, 1.82) is 0 Å². The quantitative estimate of drug-likeness (QED) is 0.540. The molecule has 2 heterocycles. The molecule has 0 spiro atoms. The van der Waals surface area contributed by atoms with E-state index in [-0.39, 0.29) is 5.60 Å². The number of aromatic nitrogens is 2. The van der Waals surface area contributed by atoms with Crippen molar-refractivity contribution in [3.05, 3.63) is 11.9 Å². The third-order valence-corrected chi connectivity index (χ3v) is 3.37. The Morgan fingerprint density at radius 1 is 1.44 bits per heavy atom. The molecule has 1 aromatic heterocycles. The maximum atomic E-state index is 5.75. The SMILES string of the molecule is CCc1c(NN)ncnc1NCC1(C)CCCO1. The van der Waals surface area contributed by atoms with Gasteiger partial charge in [0.15, 0.2) is 0 Å². The Bertz CT molecular complexity index is 403. The first-order chi connectivity index (χ1) is 8.68. The van der Waals surface area contributed by atoms with Gasteiger partial charge in [-0.25, -0.2) is 15.8 Å². The monoisotopic (exact) mass is 251 g/mol. The van der Waals surface area contributed by atoms with Crippen LogP contribution in [0.3, 0.4) is 0 Å². The minimum atomic E-state index is -0.0910. The summed E-state index contributed by atoms with van der Waals surface area (Å²) in [6.45, 7) is 5.78. The average molecular weight is 251 g/mol. The first-order valence-electron chi connectivity index (χ1n) is 6.37. The lowest BCUT2D eigenvalue weighted by Gasteiger charge is -2.24. The highest BCUT2D eigenvalue weighted by molar-refractivity contribution is 5.56. The van der Waals surface area contributed by atoms with Crippen LogP contribution in [0, 0.1) is 0 Å². The topological polar surface area (TPSA) is 85.1 Å². The zero-order valence-electron chi connectivity index (χ0n) is 11.0. The minimum Gasteiger partial charge on any atom is -0.373 e. The van der Waals surface area contributed by atoms with Gasteiger partial charge in [-0.15, -0.1) is 0 Å². The Kier molecular flexibility index (Phi) is 3.98. The zero-order chi connectivity index (χ0) is 13.0. The summed E-state index contributed by atoms with van der Waals surface area (Å²) in [6, 6.07) is 0. The van der Waals surface area contributed by atoms with Crippen LogP contribution in [0.1, 0.15) is 32.3 Å². The molecule has 1 aliphatic rings. The van der Waals surface area contributed by atoms with Crippen LogP contribution in [-0.2, 0) is 11.2 Å². The van der Waals surface area contributed by atoms with E-state index in [9.17, 15) is 0 Å². The number of rotatable bonds is 5. The second-order valence-electron chi connectivity index (χ2n) is 4.80. The first kappa shape index (κ1) is 13.0. The van der Waals surface area contributed by atoms with Gasteiger partial charge in [0.1, 0.15) is 18.0 Å². The molecule has 6 nitrogen and oxygen atoms in total. The minimum absolute atomic E-state index is 0.0910. The molecular formula is C12H21N5O. The van der Waals surface area contributed by atoms with Crippen LogP contribution in [0.4, 0.5) is 11.6 Å². The molecule has 0 amide bonds. The summed E-state index contributed by atoms with van der Waals surface area (Å²) in [5, 5.41) is 3.35. The Hall–Kier alpha value is -1.40. The molecule has 1 aliphatic heterocycles. The largest absolute Gasteiger partial charge is 0.373 e. The summed E-state index contributed by atoms with van der Waals surface area (Å²) in [6.07, 6.45) is 4.53. The Labute approximate surface area is 107 Å². The molecule has 1 saturated heterocycles. The Balaban J connectivity index is 2.09. The van der Waals surface area contributed by atoms with Crippen LogP contribution in [0.25, 0.3) is 0 Å². The Morgan fingerprint density at radius 2 is 2.22 bits per heavy atom. The van der Waals surface area contributed by atoms with E-state index in [1.165, 1.54) is 6.33 Å². The summed E-state index contributed by atoms with van der Waals surface area (Å²) < 4.78 is 5.75. The van der Waals surface area contributed by atoms with Crippen molar-refractivity contribution in [3.8, 4) is 0 Å². The number of ether oxygens (including phenoxy) is 1. The van der Waals surface area contributed by atoms with Crippen molar-refractivity contribution in [2.45, 2.75) is 38.7 Å². The van der Waals surface area contributed by atoms with E-state index in [2.05, 4.69) is 34.6 Å². The zero-order valence-corrected chi connectivity index (χ0v) is 11.0. The second kappa shape index (κ2) is 5.49. The Morgan fingerprint density at radius 3 is 2.83 bits per heavy atom. The highest BCUT2D eigenvalue weighted by atomic mass is 16.5. The number of hydrazine groups is 1. The molecule has 0 radical (unpaired) electrons. The van der Waals surface area contributed by atoms with Crippen molar-refractivity contribution in [1.82, 2.24) is 9.97 Å². The molecule has 18 heavy (non-hydrogen) atoms. The molecular weight excluding hydrogens is 230 g/mol. The molecule has 1 unspecified atom stereocenters. The van der Waals surface area contributed by atoms with Gasteiger partial charge >= 0.3 is 0 Å². The van der Waals surface area contributed by atoms with E-state index >= 15 is 0 Å². The number of nitrogens with two attached hydrogens (primary N) is 1. The summed E-state index contributed by atoms with van der Waals surface area (Å²) in [7, 11) is 0. The van der Waals surface area contributed by atoms with Crippen LogP contribution in [0.2, 0.25) is 0 Å². The number of nitrogens with zero attached hydrogens (tertiary/aromatic N) is 2. The van der Waals surface area contributed by atoms with Crippen LogP contribution < -0.4 is 16.6 Å². The van der Waals surface area contributed by atoms with E-state index in [1.54, 1.807) is 0 Å². The molecule has 0 bridgehead atoms. The molecule has 6 heteroatoms. The number of nitrogens with one attached hydrogen (secondary N) is 2. The lowest BCUT2D eigenvalue weighted by Crippen LogP contribution is -2.33. The third-order valence-electron chi connectivity index (χ3n) is 3.37. The summed E-state index contributed by atoms with van der Waals surface area (Å²) in [4.78, 5) is 8.38. The fourth-order valence-electron chi connectivity index (χ4n) is 2.27. The highest BCUT2D eigenvalue weighted by Crippen LogP contribution is 2.26. The maximum absolute atomic E-state index is 5.75. The lowest BCUT2D eigenvalue weighted by molar-refractivity contribution is 0.0314. The van der Waals surface area contributed by atoms with Crippen LogP contribution in [0.15, 0.2) is 6.33 Å². The van der Waals surface area contributed by atoms with Gasteiger partial charge in [0.05, 0.1) is 5.60 Å². The lowest BCUT2D eigenvalue weighted by atomic mass is 10.0. The van der Waals surface area contributed by atoms with Crippen molar-refractivity contribution >= 4 is 11.6 Å². The van der Waals surface area contributed by atoms with Gasteiger partial charge in [0, 0.05) is 18.7 Å². The fourth-order valence-corrected chi connectivity index (χ4v) is 2.27. The molecule has 4 N–H and O–H groups in total. The average Bonchev–Trinajstić information content (AvgIpc) is 2.83. The third kappa shape index (κ3) is 2.70. The highest BCUT2D eigenvalue weighted by Gasteiger charge is 2.29. The smallest absolute Gasteiger partial charge is 0.148 e. The van der Waals surface area contributed by atoms with Crippen molar-refractivity contribution in [2.75, 3.05) is 23.9 Å². The first-order valence-corrected chi connectivity index (χ1v) is 6.37. The standard InChI is InChI=1S/C12H21N5O/c1-3-9-10(15-8-16-11(9)17-13)14-7-12(2)5-4-6-18-12/h8H,3-7,13H2,1-2H3,(H2,14,15,16,17). The van der Waals surface area contributed by atoms with E-state index < -0.39 is 0 Å². The number of anilines is 2. The molecule has 0 saturated carbocycles. The summed E-state index contributed by atoms with van der Waals surface area (Å²) in [5.74, 6) is 6.95.